The quantitative estimate of drug-likeness (QED) is 0.366. The summed E-state index contributed by atoms with van der Waals surface area (Å²) >= 11 is 0. The first-order chi connectivity index (χ1) is 15.6. The molecule has 0 atom stereocenters. The molecular formula is C25H21N5O2. The van der Waals surface area contributed by atoms with Crippen LogP contribution in [0.25, 0.3) is 11.3 Å². The normalized spacial score (nSPS) is 10.4. The van der Waals surface area contributed by atoms with Gasteiger partial charge < -0.3 is 15.1 Å². The van der Waals surface area contributed by atoms with Gasteiger partial charge in [-0.15, -0.1) is 0 Å². The fraction of sp³-hybridized carbons (Fsp3) is 0.120. The molecule has 7 nitrogen and oxygen atoms in total. The molecule has 0 spiro atoms. The molecule has 0 aliphatic carbocycles. The van der Waals surface area contributed by atoms with Crippen LogP contribution < -0.4 is 10.6 Å². The second-order valence-corrected chi connectivity index (χ2v) is 7.35. The predicted octanol–water partition coefficient (Wildman–Crippen LogP) is 5.72. The summed E-state index contributed by atoms with van der Waals surface area (Å²) < 4.78 is 5.55. The van der Waals surface area contributed by atoms with Gasteiger partial charge in [0.25, 0.3) is 0 Å². The van der Waals surface area contributed by atoms with Crippen LogP contribution in [0.1, 0.15) is 27.2 Å². The maximum absolute atomic E-state index is 10.9. The number of hydrogen-bond donors (Lipinski definition) is 2. The van der Waals surface area contributed by atoms with E-state index >= 15 is 0 Å². The minimum Gasteiger partial charge on any atom is -0.453 e. The number of hydrogen-bond acceptors (Lipinski definition) is 7. The molecule has 2 aromatic carbocycles. The van der Waals surface area contributed by atoms with Crippen molar-refractivity contribution in [3.63, 3.8) is 0 Å². The van der Waals surface area contributed by atoms with Crippen LogP contribution in [0.2, 0.25) is 0 Å². The van der Waals surface area contributed by atoms with Gasteiger partial charge in [0.1, 0.15) is 11.6 Å². The van der Waals surface area contributed by atoms with Crippen molar-refractivity contribution in [3.8, 4) is 17.4 Å². The highest BCUT2D eigenvalue weighted by atomic mass is 16.3. The molecule has 32 heavy (non-hydrogen) atoms. The number of nitrogens with zero attached hydrogens (tertiary/aromatic N) is 3. The molecule has 158 valence electrons. The van der Waals surface area contributed by atoms with Crippen LogP contribution in [0.3, 0.4) is 0 Å². The number of anilines is 4. The molecule has 0 saturated carbocycles. The van der Waals surface area contributed by atoms with Gasteiger partial charge >= 0.3 is 0 Å². The molecule has 4 rings (SSSR count). The molecular weight excluding hydrogens is 402 g/mol. The van der Waals surface area contributed by atoms with Crippen molar-refractivity contribution >= 4 is 29.4 Å². The number of carbonyl (C=O) groups excluding carboxylic acids is 1. The number of benzene rings is 2. The third kappa shape index (κ3) is 4.65. The highest BCUT2D eigenvalue weighted by Gasteiger charge is 2.11. The lowest BCUT2D eigenvalue weighted by atomic mass is 10.0. The molecule has 0 fully saturated rings. The topological polar surface area (TPSA) is 104 Å². The number of furan rings is 1. The van der Waals surface area contributed by atoms with Crippen molar-refractivity contribution in [1.82, 2.24) is 9.97 Å². The molecule has 0 radical (unpaired) electrons. The third-order valence-electron chi connectivity index (χ3n) is 4.96. The van der Waals surface area contributed by atoms with E-state index < -0.39 is 0 Å². The largest absolute Gasteiger partial charge is 0.453 e. The Hall–Kier alpha value is -4.44. The van der Waals surface area contributed by atoms with E-state index in [2.05, 4.69) is 26.7 Å². The summed E-state index contributed by atoms with van der Waals surface area (Å²) in [5.41, 5.74) is 5.69. The first-order valence-corrected chi connectivity index (χ1v) is 10.1. The van der Waals surface area contributed by atoms with Gasteiger partial charge in [0.05, 0.1) is 12.5 Å². The second-order valence-electron chi connectivity index (χ2n) is 7.35. The Labute approximate surface area is 185 Å². The van der Waals surface area contributed by atoms with E-state index in [0.717, 1.165) is 33.6 Å². The van der Waals surface area contributed by atoms with E-state index in [1.807, 2.05) is 50.2 Å². The molecule has 2 aromatic heterocycles. The average molecular weight is 423 g/mol. The monoisotopic (exact) mass is 423 g/mol. The third-order valence-corrected chi connectivity index (χ3v) is 4.96. The number of carbonyl (C=O) groups is 1. The molecule has 0 saturated heterocycles. The lowest BCUT2D eigenvalue weighted by Gasteiger charge is -2.14. The zero-order valence-corrected chi connectivity index (χ0v) is 17.7. The Morgan fingerprint density at radius 2 is 1.78 bits per heavy atom. The maximum atomic E-state index is 10.9. The summed E-state index contributed by atoms with van der Waals surface area (Å²) in [4.78, 5) is 19.7. The average Bonchev–Trinajstić information content (AvgIpc) is 3.27. The highest BCUT2D eigenvalue weighted by Crippen LogP contribution is 2.31. The van der Waals surface area contributed by atoms with E-state index in [9.17, 15) is 4.79 Å². The number of nitrogens with one attached hydrogen (secondary N) is 2. The van der Waals surface area contributed by atoms with Crippen molar-refractivity contribution in [2.45, 2.75) is 20.3 Å². The van der Waals surface area contributed by atoms with Crippen LogP contribution in [-0.4, -0.2) is 16.3 Å². The molecule has 0 unspecified atom stereocenters. The Morgan fingerprint density at radius 3 is 2.44 bits per heavy atom. The Bertz CT molecular complexity index is 1280. The van der Waals surface area contributed by atoms with Gasteiger partial charge in [-0.25, -0.2) is 4.98 Å². The molecule has 4 aromatic rings. The van der Waals surface area contributed by atoms with Gasteiger partial charge in [-0.3, -0.25) is 4.79 Å². The van der Waals surface area contributed by atoms with E-state index in [0.29, 0.717) is 36.0 Å². The predicted molar refractivity (Wildman–Crippen MR) is 123 cm³/mol. The van der Waals surface area contributed by atoms with Gasteiger partial charge in [-0.1, -0.05) is 12.1 Å². The lowest BCUT2D eigenvalue weighted by Crippen LogP contribution is -2.02. The van der Waals surface area contributed by atoms with E-state index in [-0.39, 0.29) is 0 Å². The minimum atomic E-state index is 0.304. The molecule has 2 N–H and O–H groups in total. The van der Waals surface area contributed by atoms with Crippen molar-refractivity contribution in [3.05, 3.63) is 83.2 Å². The van der Waals surface area contributed by atoms with E-state index in [4.69, 9.17) is 9.68 Å². The molecule has 0 bridgehead atoms. The van der Waals surface area contributed by atoms with Crippen LogP contribution >= 0.6 is 0 Å². The van der Waals surface area contributed by atoms with Crippen molar-refractivity contribution in [2.24, 2.45) is 0 Å². The van der Waals surface area contributed by atoms with Crippen LogP contribution in [0.5, 0.6) is 0 Å². The van der Waals surface area contributed by atoms with Gasteiger partial charge in [0.2, 0.25) is 5.95 Å². The zero-order valence-electron chi connectivity index (χ0n) is 17.7. The molecule has 7 heteroatoms. The van der Waals surface area contributed by atoms with Gasteiger partial charge in [0, 0.05) is 23.1 Å². The standard InChI is InChI=1S/C25H21N5O2/c1-16-13-19(22-8-7-21(15-31)32-22)14-17(2)24(16)29-23-10-12-27-25(30-23)28-20-5-3-18(4-6-20)9-11-26/h3-8,10,12-15H,9H2,1-2H3,(H2,27,28,29,30). The summed E-state index contributed by atoms with van der Waals surface area (Å²) in [5, 5.41) is 15.3. The van der Waals surface area contributed by atoms with E-state index in [1.54, 1.807) is 24.4 Å². The van der Waals surface area contributed by atoms with Gasteiger partial charge in [0.15, 0.2) is 12.0 Å². The summed E-state index contributed by atoms with van der Waals surface area (Å²) in [6.07, 6.45) is 2.76. The zero-order chi connectivity index (χ0) is 22.5. The minimum absolute atomic E-state index is 0.304. The van der Waals surface area contributed by atoms with Gasteiger partial charge in [-0.05, 0) is 73.0 Å². The summed E-state index contributed by atoms with van der Waals surface area (Å²) in [7, 11) is 0. The number of nitriles is 1. The number of aromatic nitrogens is 2. The molecule has 2 heterocycles. The Balaban J connectivity index is 1.53. The maximum Gasteiger partial charge on any atom is 0.229 e. The van der Waals surface area contributed by atoms with Crippen molar-refractivity contribution in [2.75, 3.05) is 10.6 Å². The number of aryl methyl sites for hydroxylation is 2. The SMILES string of the molecule is Cc1cc(-c2ccc(C=O)o2)cc(C)c1Nc1ccnc(Nc2ccc(CC#N)cc2)n1. The first kappa shape index (κ1) is 20.8. The molecule has 0 amide bonds. The van der Waals surface area contributed by atoms with Crippen LogP contribution in [-0.2, 0) is 6.42 Å². The van der Waals surface area contributed by atoms with Crippen molar-refractivity contribution < 1.29 is 9.21 Å². The second kappa shape index (κ2) is 9.14. The highest BCUT2D eigenvalue weighted by molar-refractivity contribution is 5.75. The molecule has 0 aliphatic heterocycles. The van der Waals surface area contributed by atoms with Crippen LogP contribution in [0.4, 0.5) is 23.1 Å². The lowest BCUT2D eigenvalue weighted by molar-refractivity contribution is 0.110. The number of rotatable bonds is 7. The van der Waals surface area contributed by atoms with Crippen LogP contribution in [0, 0.1) is 25.2 Å². The fourth-order valence-electron chi connectivity index (χ4n) is 3.42. The Morgan fingerprint density at radius 1 is 1.03 bits per heavy atom. The van der Waals surface area contributed by atoms with E-state index in [1.165, 1.54) is 0 Å². The van der Waals surface area contributed by atoms with Crippen molar-refractivity contribution in [1.29, 1.82) is 5.26 Å². The first-order valence-electron chi connectivity index (χ1n) is 10.1. The summed E-state index contributed by atoms with van der Waals surface area (Å²) in [6, 6.07) is 19.0. The smallest absolute Gasteiger partial charge is 0.229 e. The summed E-state index contributed by atoms with van der Waals surface area (Å²) in [6.45, 7) is 4.01. The fourth-order valence-corrected chi connectivity index (χ4v) is 3.42. The van der Waals surface area contributed by atoms with Gasteiger partial charge in [-0.2, -0.15) is 10.2 Å². The van der Waals surface area contributed by atoms with Crippen LogP contribution in [0.15, 0.2) is 65.2 Å². The molecule has 0 aliphatic rings. The Kier molecular flexibility index (Phi) is 5.95. The summed E-state index contributed by atoms with van der Waals surface area (Å²) in [5.74, 6) is 2.08. The number of aldehydes is 1.